The number of nitrogens with zero attached hydrogens (tertiary/aromatic N) is 1. The Labute approximate surface area is 120 Å². The van der Waals surface area contributed by atoms with Gasteiger partial charge in [0.25, 0.3) is 0 Å². The van der Waals surface area contributed by atoms with Gasteiger partial charge in [0.2, 0.25) is 0 Å². The van der Waals surface area contributed by atoms with E-state index in [1.807, 2.05) is 0 Å². The summed E-state index contributed by atoms with van der Waals surface area (Å²) in [7, 11) is 0. The number of rotatable bonds is 3. The van der Waals surface area contributed by atoms with Crippen LogP contribution in [0.4, 0.5) is 4.79 Å². The quantitative estimate of drug-likeness (QED) is 0.820. The number of aliphatic hydroxyl groups is 2. The number of ether oxygens (including phenoxy) is 2. The summed E-state index contributed by atoms with van der Waals surface area (Å²) >= 11 is 0. The average molecular weight is 289 g/mol. The number of carbonyl (C=O) groups excluding carboxylic acids is 1. The molecule has 1 heterocycles. The van der Waals surface area contributed by atoms with Crippen molar-refractivity contribution in [3.8, 4) is 0 Å². The van der Waals surface area contributed by atoms with Gasteiger partial charge in [-0.15, -0.1) is 0 Å². The Morgan fingerprint density at radius 3 is 2.50 bits per heavy atom. The fourth-order valence-corrected chi connectivity index (χ4v) is 2.24. The van der Waals surface area contributed by atoms with Crippen LogP contribution < -0.4 is 0 Å². The van der Waals surface area contributed by atoms with Gasteiger partial charge in [0, 0.05) is 12.5 Å². The molecule has 1 aliphatic rings. The maximum absolute atomic E-state index is 12.4. The van der Waals surface area contributed by atoms with E-state index in [1.54, 1.807) is 41.5 Å². The van der Waals surface area contributed by atoms with Gasteiger partial charge in [-0.1, -0.05) is 6.92 Å². The minimum atomic E-state index is -0.866. The van der Waals surface area contributed by atoms with Crippen LogP contribution in [0.5, 0.6) is 0 Å². The molecule has 20 heavy (non-hydrogen) atoms. The molecule has 6 heteroatoms. The Balaban J connectivity index is 2.93. The van der Waals surface area contributed by atoms with Crippen molar-refractivity contribution in [1.82, 2.24) is 4.90 Å². The summed E-state index contributed by atoms with van der Waals surface area (Å²) in [4.78, 5) is 13.8. The molecule has 0 aliphatic carbocycles. The van der Waals surface area contributed by atoms with Crippen LogP contribution in [0.3, 0.4) is 0 Å². The maximum atomic E-state index is 12.4. The van der Waals surface area contributed by atoms with E-state index < -0.39 is 29.6 Å². The van der Waals surface area contributed by atoms with Crippen molar-refractivity contribution >= 4 is 6.09 Å². The summed E-state index contributed by atoms with van der Waals surface area (Å²) in [5.74, 6) is -0.345. The van der Waals surface area contributed by atoms with E-state index >= 15 is 0 Å². The fourth-order valence-electron chi connectivity index (χ4n) is 2.24. The second-order valence-corrected chi connectivity index (χ2v) is 6.83. The minimum absolute atomic E-state index is 0.153. The van der Waals surface area contributed by atoms with Crippen molar-refractivity contribution in [3.05, 3.63) is 0 Å². The zero-order chi connectivity index (χ0) is 15.7. The van der Waals surface area contributed by atoms with Gasteiger partial charge in [-0.3, -0.25) is 4.90 Å². The average Bonchev–Trinajstić information content (AvgIpc) is 2.60. The molecular weight excluding hydrogens is 262 g/mol. The first-order valence-electron chi connectivity index (χ1n) is 6.95. The van der Waals surface area contributed by atoms with Crippen LogP contribution in [0.2, 0.25) is 0 Å². The molecule has 2 N–H and O–H groups in total. The van der Waals surface area contributed by atoms with Gasteiger partial charge in [0.05, 0.1) is 18.8 Å². The molecule has 0 aromatic carbocycles. The highest BCUT2D eigenvalue weighted by atomic mass is 16.6. The molecule has 6 nitrogen and oxygen atoms in total. The van der Waals surface area contributed by atoms with Crippen LogP contribution >= 0.6 is 0 Å². The van der Waals surface area contributed by atoms with Gasteiger partial charge < -0.3 is 19.7 Å². The number of hydrogen-bond donors (Lipinski definition) is 2. The molecule has 0 saturated carbocycles. The smallest absolute Gasteiger partial charge is 0.412 e. The van der Waals surface area contributed by atoms with Crippen molar-refractivity contribution in [2.45, 2.75) is 65.0 Å². The van der Waals surface area contributed by atoms with Crippen LogP contribution in [-0.2, 0) is 9.47 Å². The molecule has 0 radical (unpaired) electrons. The van der Waals surface area contributed by atoms with Gasteiger partial charge in [-0.05, 0) is 34.6 Å². The topological polar surface area (TPSA) is 79.2 Å². The first-order valence-corrected chi connectivity index (χ1v) is 6.95. The minimum Gasteiger partial charge on any atom is -0.444 e. The third-order valence-electron chi connectivity index (χ3n) is 3.37. The SMILES string of the molecule is C[C@H](CO)[C@@H](O)[C@@H]1COC(C)(C)N1C(=O)OC(C)(C)C. The van der Waals surface area contributed by atoms with Crippen LogP contribution in [0.25, 0.3) is 0 Å². The normalized spacial score (nSPS) is 25.4. The van der Waals surface area contributed by atoms with E-state index in [4.69, 9.17) is 9.47 Å². The lowest BCUT2D eigenvalue weighted by molar-refractivity contribution is -0.0715. The summed E-state index contributed by atoms with van der Waals surface area (Å²) in [6, 6.07) is -0.526. The molecule has 3 atom stereocenters. The molecule has 1 saturated heterocycles. The Bertz CT molecular complexity index is 350. The van der Waals surface area contributed by atoms with E-state index in [9.17, 15) is 15.0 Å². The van der Waals surface area contributed by atoms with Gasteiger partial charge in [0.15, 0.2) is 0 Å². The number of carbonyl (C=O) groups is 1. The summed E-state index contributed by atoms with van der Waals surface area (Å²) in [5, 5.41) is 19.4. The van der Waals surface area contributed by atoms with E-state index in [-0.39, 0.29) is 19.1 Å². The molecule has 118 valence electrons. The van der Waals surface area contributed by atoms with Crippen molar-refractivity contribution in [2.75, 3.05) is 13.2 Å². The third-order valence-corrected chi connectivity index (χ3v) is 3.37. The predicted octanol–water partition coefficient (Wildman–Crippen LogP) is 1.35. The highest BCUT2D eigenvalue weighted by Gasteiger charge is 2.49. The molecule has 1 rings (SSSR count). The van der Waals surface area contributed by atoms with Crippen molar-refractivity contribution in [1.29, 1.82) is 0 Å². The summed E-state index contributed by atoms with van der Waals surface area (Å²) in [6.07, 6.45) is -1.39. The van der Waals surface area contributed by atoms with E-state index in [1.165, 1.54) is 4.90 Å². The van der Waals surface area contributed by atoms with Gasteiger partial charge in [0.1, 0.15) is 11.3 Å². The highest BCUT2D eigenvalue weighted by molar-refractivity contribution is 5.69. The monoisotopic (exact) mass is 289 g/mol. The van der Waals surface area contributed by atoms with Crippen LogP contribution in [0.1, 0.15) is 41.5 Å². The highest BCUT2D eigenvalue weighted by Crippen LogP contribution is 2.32. The molecule has 0 aromatic heterocycles. The second kappa shape index (κ2) is 5.87. The van der Waals surface area contributed by atoms with Crippen molar-refractivity contribution in [2.24, 2.45) is 5.92 Å². The Kier molecular flexibility index (Phi) is 5.05. The molecule has 0 spiro atoms. The maximum Gasteiger partial charge on any atom is 0.412 e. The molecule has 1 fully saturated rings. The first kappa shape index (κ1) is 17.2. The Morgan fingerprint density at radius 2 is 2.05 bits per heavy atom. The molecule has 0 bridgehead atoms. The largest absolute Gasteiger partial charge is 0.444 e. The third kappa shape index (κ3) is 3.84. The van der Waals surface area contributed by atoms with E-state index in [0.717, 1.165) is 0 Å². The predicted molar refractivity (Wildman–Crippen MR) is 74.1 cm³/mol. The molecule has 1 aliphatic heterocycles. The summed E-state index contributed by atoms with van der Waals surface area (Å²) in [6.45, 7) is 10.7. The lowest BCUT2D eigenvalue weighted by Gasteiger charge is -2.37. The summed E-state index contributed by atoms with van der Waals surface area (Å²) in [5.41, 5.74) is -1.46. The zero-order valence-corrected chi connectivity index (χ0v) is 13.2. The van der Waals surface area contributed by atoms with E-state index in [0.29, 0.717) is 0 Å². The first-order chi connectivity index (χ1) is 8.99. The number of aliphatic hydroxyl groups excluding tert-OH is 2. The molecular formula is C14H27NO5. The van der Waals surface area contributed by atoms with Crippen molar-refractivity contribution in [3.63, 3.8) is 0 Å². The number of hydrogen-bond acceptors (Lipinski definition) is 5. The van der Waals surface area contributed by atoms with Crippen molar-refractivity contribution < 1.29 is 24.5 Å². The lowest BCUT2D eigenvalue weighted by Crippen LogP contribution is -2.54. The Morgan fingerprint density at radius 1 is 1.50 bits per heavy atom. The molecule has 0 unspecified atom stereocenters. The fraction of sp³-hybridized carbons (Fsp3) is 0.929. The summed E-state index contributed by atoms with van der Waals surface area (Å²) < 4.78 is 11.0. The van der Waals surface area contributed by atoms with Gasteiger partial charge in [-0.2, -0.15) is 0 Å². The second-order valence-electron chi connectivity index (χ2n) is 6.83. The van der Waals surface area contributed by atoms with Gasteiger partial charge in [-0.25, -0.2) is 4.79 Å². The van der Waals surface area contributed by atoms with Crippen LogP contribution in [0.15, 0.2) is 0 Å². The molecule has 0 aromatic rings. The number of amides is 1. The molecule has 1 amide bonds. The van der Waals surface area contributed by atoms with E-state index in [2.05, 4.69) is 0 Å². The standard InChI is InChI=1S/C14H27NO5/c1-9(7-16)11(17)10-8-19-14(5,6)15(10)12(18)20-13(2,3)4/h9-11,16-17H,7-8H2,1-6H3/t9-,10+,11-/m1/s1. The van der Waals surface area contributed by atoms with Crippen LogP contribution in [0, 0.1) is 5.92 Å². The lowest BCUT2D eigenvalue weighted by atomic mass is 9.98. The zero-order valence-electron chi connectivity index (χ0n) is 13.2. The Hall–Kier alpha value is -0.850. The van der Waals surface area contributed by atoms with Gasteiger partial charge >= 0.3 is 6.09 Å². The van der Waals surface area contributed by atoms with Crippen LogP contribution in [-0.4, -0.2) is 57.9 Å².